The van der Waals surface area contributed by atoms with Crippen molar-refractivity contribution in [3.05, 3.63) is 12.2 Å². The van der Waals surface area contributed by atoms with E-state index >= 15 is 0 Å². The minimum absolute atomic E-state index is 0.166. The van der Waals surface area contributed by atoms with Crippen LogP contribution >= 0.6 is 0 Å². The van der Waals surface area contributed by atoms with Gasteiger partial charge in [0.15, 0.2) is 6.29 Å². The minimum Gasteiger partial charge on any atom is -0.394 e. The zero-order chi connectivity index (χ0) is 62.1. The lowest BCUT2D eigenvalue weighted by molar-refractivity contribution is -0.302. The summed E-state index contributed by atoms with van der Waals surface area (Å²) < 4.78 is 11.3. The summed E-state index contributed by atoms with van der Waals surface area (Å²) in [4.78, 5) is 13.2. The molecule has 9 nitrogen and oxygen atoms in total. The highest BCUT2D eigenvalue weighted by atomic mass is 16.7. The number of aliphatic hydroxyl groups excluding tert-OH is 5. The maximum absolute atomic E-state index is 13.2. The van der Waals surface area contributed by atoms with Crippen molar-refractivity contribution in [1.82, 2.24) is 5.32 Å². The molecule has 86 heavy (non-hydrogen) atoms. The van der Waals surface area contributed by atoms with Crippen molar-refractivity contribution >= 4 is 5.91 Å². The first-order valence-electron chi connectivity index (χ1n) is 38.9. The molecule has 1 saturated heterocycles. The van der Waals surface area contributed by atoms with Crippen molar-refractivity contribution in [2.75, 3.05) is 13.2 Å². The van der Waals surface area contributed by atoms with Crippen molar-refractivity contribution in [3.8, 4) is 0 Å². The van der Waals surface area contributed by atoms with Crippen LogP contribution in [0.2, 0.25) is 0 Å². The maximum Gasteiger partial charge on any atom is 0.220 e. The van der Waals surface area contributed by atoms with Gasteiger partial charge in [0.1, 0.15) is 24.4 Å². The Kier molecular flexibility index (Phi) is 64.5. The van der Waals surface area contributed by atoms with Crippen molar-refractivity contribution in [3.63, 3.8) is 0 Å². The summed E-state index contributed by atoms with van der Waals surface area (Å²) in [6.07, 6.45) is 80.7. The highest BCUT2D eigenvalue weighted by Crippen LogP contribution is 2.24. The zero-order valence-electron chi connectivity index (χ0n) is 57.6. The van der Waals surface area contributed by atoms with Gasteiger partial charge in [-0.25, -0.2) is 0 Å². The Bertz CT molecular complexity index is 1360. The van der Waals surface area contributed by atoms with Crippen LogP contribution in [0.4, 0.5) is 0 Å². The first kappa shape index (κ1) is 82.9. The summed E-state index contributed by atoms with van der Waals surface area (Å²) in [6.45, 7) is 3.86. The van der Waals surface area contributed by atoms with Crippen LogP contribution in [0.1, 0.15) is 418 Å². The van der Waals surface area contributed by atoms with E-state index in [9.17, 15) is 30.3 Å². The van der Waals surface area contributed by atoms with Crippen LogP contribution in [0.5, 0.6) is 0 Å². The molecule has 0 aromatic rings. The van der Waals surface area contributed by atoms with E-state index < -0.39 is 49.5 Å². The van der Waals surface area contributed by atoms with Crippen LogP contribution in [0.15, 0.2) is 12.2 Å². The Hall–Kier alpha value is -1.07. The van der Waals surface area contributed by atoms with Crippen LogP contribution in [-0.4, -0.2) is 87.5 Å². The third-order valence-electron chi connectivity index (χ3n) is 19.1. The average Bonchev–Trinajstić information content (AvgIpc) is 3.65. The van der Waals surface area contributed by atoms with E-state index in [1.165, 1.54) is 360 Å². The molecule has 1 aliphatic rings. The third kappa shape index (κ3) is 54.6. The van der Waals surface area contributed by atoms with Crippen molar-refractivity contribution in [2.45, 2.75) is 461 Å². The van der Waals surface area contributed by atoms with Gasteiger partial charge < -0.3 is 40.3 Å². The third-order valence-corrected chi connectivity index (χ3v) is 19.1. The molecule has 1 fully saturated rings. The number of amides is 1. The molecule has 512 valence electrons. The molecule has 1 amide bonds. The van der Waals surface area contributed by atoms with Crippen LogP contribution in [0, 0.1) is 0 Å². The van der Waals surface area contributed by atoms with E-state index in [1.54, 1.807) is 6.08 Å². The van der Waals surface area contributed by atoms with E-state index in [1.807, 2.05) is 6.08 Å². The SMILES string of the molecule is CCCCCCCCCCCCCCCCCCCCCCCCCCC/C=C/C(O)C(COC1OC(CO)C(O)C(O)C1O)NC(=O)CCCCCCCCCCCCCCCCCCCCCCCCCCCCCCCCCCCCCC. The van der Waals surface area contributed by atoms with Crippen LogP contribution < -0.4 is 5.32 Å². The number of ether oxygens (including phenoxy) is 2. The van der Waals surface area contributed by atoms with Crippen molar-refractivity contribution in [1.29, 1.82) is 0 Å². The molecular formula is C77H151NO8. The molecule has 1 heterocycles. The quantitative estimate of drug-likeness (QED) is 0.0261. The normalized spacial score (nSPS) is 18.0. The molecule has 0 spiro atoms. The van der Waals surface area contributed by atoms with E-state index in [4.69, 9.17) is 9.47 Å². The van der Waals surface area contributed by atoms with Crippen LogP contribution in [0.25, 0.3) is 0 Å². The number of aliphatic hydroxyl groups is 5. The lowest BCUT2D eigenvalue weighted by Gasteiger charge is -2.40. The van der Waals surface area contributed by atoms with Gasteiger partial charge in [0.05, 0.1) is 25.4 Å². The van der Waals surface area contributed by atoms with Gasteiger partial charge in [0.25, 0.3) is 0 Å². The molecule has 0 radical (unpaired) electrons. The topological polar surface area (TPSA) is 149 Å². The predicted molar refractivity (Wildman–Crippen MR) is 369 cm³/mol. The lowest BCUT2D eigenvalue weighted by atomic mass is 9.99. The fraction of sp³-hybridized carbons (Fsp3) is 0.961. The van der Waals surface area contributed by atoms with Crippen LogP contribution in [0.3, 0.4) is 0 Å². The number of carbonyl (C=O) groups excluding carboxylic acids is 1. The van der Waals surface area contributed by atoms with Gasteiger partial charge in [-0.3, -0.25) is 4.79 Å². The number of hydrogen-bond acceptors (Lipinski definition) is 8. The van der Waals surface area contributed by atoms with E-state index in [-0.39, 0.29) is 12.5 Å². The van der Waals surface area contributed by atoms with Gasteiger partial charge in [-0.15, -0.1) is 0 Å². The highest BCUT2D eigenvalue weighted by Gasteiger charge is 2.44. The van der Waals surface area contributed by atoms with Gasteiger partial charge in [0.2, 0.25) is 5.91 Å². The Morgan fingerprint density at radius 2 is 0.640 bits per heavy atom. The summed E-state index contributed by atoms with van der Waals surface area (Å²) in [7, 11) is 0. The van der Waals surface area contributed by atoms with Gasteiger partial charge in [-0.2, -0.15) is 0 Å². The molecule has 9 heteroatoms. The predicted octanol–water partition coefficient (Wildman–Crippen LogP) is 21.8. The van der Waals surface area contributed by atoms with Crippen LogP contribution in [-0.2, 0) is 14.3 Å². The second-order valence-corrected chi connectivity index (χ2v) is 27.5. The standard InChI is InChI=1S/C77H151NO8/c1-3-5-7-9-11-13-15-17-19-21-23-25-27-29-31-32-33-34-35-36-37-38-39-41-43-45-47-49-51-53-55-57-59-61-63-65-67-73(81)78-70(69-85-77-76(84)75(83)74(82)72(68-79)86-77)71(80)66-64-62-60-58-56-54-52-50-48-46-44-42-40-30-28-26-24-22-20-18-16-14-12-10-8-6-4-2/h64,66,70-72,74-77,79-80,82-84H,3-63,65,67-69H2,1-2H3,(H,78,81)/b66-64+. The number of allylic oxidation sites excluding steroid dienone is 1. The van der Waals surface area contributed by atoms with E-state index in [0.717, 1.165) is 38.5 Å². The first-order valence-corrected chi connectivity index (χ1v) is 38.9. The minimum atomic E-state index is -1.57. The molecule has 0 saturated carbocycles. The second kappa shape index (κ2) is 66.8. The number of carbonyl (C=O) groups is 1. The molecule has 0 aromatic heterocycles. The number of hydrogen-bond donors (Lipinski definition) is 6. The fourth-order valence-electron chi connectivity index (χ4n) is 13.0. The zero-order valence-corrected chi connectivity index (χ0v) is 57.6. The smallest absolute Gasteiger partial charge is 0.220 e. The molecule has 1 rings (SSSR count). The molecule has 0 aliphatic carbocycles. The fourth-order valence-corrected chi connectivity index (χ4v) is 13.0. The molecule has 1 aliphatic heterocycles. The van der Waals surface area contributed by atoms with Crippen molar-refractivity contribution in [2.24, 2.45) is 0 Å². The summed E-state index contributed by atoms with van der Waals surface area (Å²) in [6, 6.07) is -0.803. The molecule has 0 bridgehead atoms. The maximum atomic E-state index is 13.2. The summed E-state index contributed by atoms with van der Waals surface area (Å²) in [5.74, 6) is -0.166. The monoisotopic (exact) mass is 1220 g/mol. The second-order valence-electron chi connectivity index (χ2n) is 27.5. The molecule has 7 atom stereocenters. The Morgan fingerprint density at radius 3 is 0.907 bits per heavy atom. The summed E-state index contributed by atoms with van der Waals surface area (Å²) >= 11 is 0. The summed E-state index contributed by atoms with van der Waals surface area (Å²) in [5.41, 5.74) is 0. The summed E-state index contributed by atoms with van der Waals surface area (Å²) in [5, 5.41) is 54.9. The Morgan fingerprint density at radius 1 is 0.384 bits per heavy atom. The Labute approximate surface area is 535 Å². The van der Waals surface area contributed by atoms with Gasteiger partial charge in [-0.05, 0) is 19.3 Å². The van der Waals surface area contributed by atoms with Gasteiger partial charge >= 0.3 is 0 Å². The molecule has 7 unspecified atom stereocenters. The van der Waals surface area contributed by atoms with Gasteiger partial charge in [-0.1, -0.05) is 405 Å². The first-order chi connectivity index (χ1) is 42.3. The number of rotatable bonds is 70. The van der Waals surface area contributed by atoms with Crippen molar-refractivity contribution < 1.29 is 39.8 Å². The van der Waals surface area contributed by atoms with E-state index in [0.29, 0.717) is 6.42 Å². The van der Waals surface area contributed by atoms with Gasteiger partial charge in [0, 0.05) is 6.42 Å². The number of nitrogens with one attached hydrogen (secondary N) is 1. The molecule has 6 N–H and O–H groups in total. The molecular weight excluding hydrogens is 1070 g/mol. The molecule has 0 aromatic carbocycles. The number of unbranched alkanes of at least 4 members (excludes halogenated alkanes) is 60. The highest BCUT2D eigenvalue weighted by molar-refractivity contribution is 5.76. The van der Waals surface area contributed by atoms with E-state index in [2.05, 4.69) is 19.2 Å². The average molecular weight is 1220 g/mol. The largest absolute Gasteiger partial charge is 0.394 e. The lowest BCUT2D eigenvalue weighted by Crippen LogP contribution is -2.60. The Balaban J connectivity index is 2.06.